The molecule has 0 N–H and O–H groups in total. The van der Waals surface area contributed by atoms with Gasteiger partial charge in [0.25, 0.3) is 0 Å². The third-order valence-corrected chi connectivity index (χ3v) is 9.32. The van der Waals surface area contributed by atoms with Crippen molar-refractivity contribution in [3.63, 3.8) is 0 Å². The SMILES string of the molecule is N#CC1CC=C(C2=CC(C3C=CC4OC5=C(CCC6=C5OC5C=CC=CC65)C4C3)CCC2)CC1. The van der Waals surface area contributed by atoms with Crippen molar-refractivity contribution < 1.29 is 9.47 Å². The second-order valence-electron chi connectivity index (χ2n) is 11.1. The molecule has 3 heteroatoms. The van der Waals surface area contributed by atoms with E-state index in [2.05, 4.69) is 54.7 Å². The Morgan fingerprint density at radius 3 is 2.53 bits per heavy atom. The van der Waals surface area contributed by atoms with Gasteiger partial charge in [-0.1, -0.05) is 36.5 Å². The van der Waals surface area contributed by atoms with Crippen LogP contribution in [0.2, 0.25) is 0 Å². The first-order valence-electron chi connectivity index (χ1n) is 13.4. The molecule has 0 bridgehead atoms. The third kappa shape index (κ3) is 3.29. The van der Waals surface area contributed by atoms with E-state index in [0.29, 0.717) is 23.7 Å². The Labute approximate surface area is 202 Å². The molecule has 0 aromatic carbocycles. The average Bonchev–Trinajstić information content (AvgIpc) is 3.47. The monoisotopic (exact) mass is 451 g/mol. The average molecular weight is 452 g/mol. The topological polar surface area (TPSA) is 42.2 Å². The molecule has 0 aromatic heterocycles. The molecular formula is C31H33NO2. The Hall–Kier alpha value is -2.73. The minimum Gasteiger partial charge on any atom is -0.482 e. The number of nitrogens with zero attached hydrogens (tertiary/aromatic N) is 1. The molecule has 7 rings (SSSR count). The van der Waals surface area contributed by atoms with Crippen LogP contribution < -0.4 is 0 Å². The number of nitriles is 1. The summed E-state index contributed by atoms with van der Waals surface area (Å²) < 4.78 is 13.0. The maximum atomic E-state index is 9.23. The molecule has 34 heavy (non-hydrogen) atoms. The van der Waals surface area contributed by atoms with Crippen molar-refractivity contribution in [2.45, 2.75) is 70.0 Å². The zero-order chi connectivity index (χ0) is 22.6. The van der Waals surface area contributed by atoms with Gasteiger partial charge in [-0.25, -0.2) is 0 Å². The number of hydrogen-bond donors (Lipinski definition) is 0. The summed E-state index contributed by atoms with van der Waals surface area (Å²) in [5.41, 5.74) is 6.06. The van der Waals surface area contributed by atoms with Crippen LogP contribution in [0.4, 0.5) is 0 Å². The lowest BCUT2D eigenvalue weighted by Gasteiger charge is -2.34. The van der Waals surface area contributed by atoms with Crippen LogP contribution in [0.3, 0.4) is 0 Å². The van der Waals surface area contributed by atoms with E-state index in [1.54, 1.807) is 5.57 Å². The molecule has 5 aliphatic carbocycles. The van der Waals surface area contributed by atoms with Crippen molar-refractivity contribution in [3.8, 4) is 6.07 Å². The molecule has 0 aromatic rings. The Bertz CT molecular complexity index is 1150. The number of ether oxygens (including phenoxy) is 2. The van der Waals surface area contributed by atoms with Gasteiger partial charge in [0.2, 0.25) is 0 Å². The van der Waals surface area contributed by atoms with E-state index >= 15 is 0 Å². The molecule has 0 saturated carbocycles. The number of allylic oxidation sites excluding steroid dienone is 7. The van der Waals surface area contributed by atoms with E-state index in [1.807, 2.05) is 0 Å². The summed E-state index contributed by atoms with van der Waals surface area (Å²) in [4.78, 5) is 0. The standard InChI is InChI=1S/C31H33NO2/c32-18-19-8-10-20(11-9-19)21-4-3-5-22(16-21)23-12-15-29-27(17-23)26-14-13-25-24-6-1-2-7-28(24)33-30(25)31(26)34-29/h1-2,6-7,10,12,15-16,19,22-24,27-29H,3-5,8-9,11,13-14,17H2. The van der Waals surface area contributed by atoms with E-state index in [4.69, 9.17) is 9.47 Å². The molecule has 0 spiro atoms. The fourth-order valence-electron chi connectivity index (χ4n) is 7.48. The third-order valence-electron chi connectivity index (χ3n) is 9.32. The molecule has 7 aliphatic rings. The Kier molecular flexibility index (Phi) is 4.97. The van der Waals surface area contributed by atoms with Crippen LogP contribution in [0.1, 0.15) is 57.8 Å². The van der Waals surface area contributed by atoms with Gasteiger partial charge >= 0.3 is 0 Å². The summed E-state index contributed by atoms with van der Waals surface area (Å²) in [5, 5.41) is 9.23. The highest BCUT2D eigenvalue weighted by Gasteiger charge is 2.47. The normalized spacial score (nSPS) is 39.8. The predicted octanol–water partition coefficient (Wildman–Crippen LogP) is 7.00. The molecule has 0 fully saturated rings. The zero-order valence-corrected chi connectivity index (χ0v) is 19.8. The molecule has 0 amide bonds. The lowest BCUT2D eigenvalue weighted by molar-refractivity contribution is 0.101. The zero-order valence-electron chi connectivity index (χ0n) is 19.8. The highest BCUT2D eigenvalue weighted by Crippen LogP contribution is 2.53. The van der Waals surface area contributed by atoms with Crippen LogP contribution in [0, 0.1) is 40.9 Å². The molecule has 3 nitrogen and oxygen atoms in total. The van der Waals surface area contributed by atoms with E-state index in [9.17, 15) is 5.26 Å². The van der Waals surface area contributed by atoms with Crippen molar-refractivity contribution in [3.05, 3.63) is 82.4 Å². The second kappa shape index (κ2) is 8.19. The first kappa shape index (κ1) is 20.6. The number of hydrogen-bond acceptors (Lipinski definition) is 3. The van der Waals surface area contributed by atoms with Gasteiger partial charge in [0.1, 0.15) is 12.2 Å². The van der Waals surface area contributed by atoms with Gasteiger partial charge in [-0.2, -0.15) is 5.26 Å². The smallest absolute Gasteiger partial charge is 0.162 e. The minimum absolute atomic E-state index is 0.152. The second-order valence-corrected chi connectivity index (χ2v) is 11.1. The summed E-state index contributed by atoms with van der Waals surface area (Å²) >= 11 is 0. The summed E-state index contributed by atoms with van der Waals surface area (Å²) in [6.07, 6.45) is 29.1. The largest absolute Gasteiger partial charge is 0.482 e. The van der Waals surface area contributed by atoms with Crippen LogP contribution in [-0.4, -0.2) is 12.2 Å². The predicted molar refractivity (Wildman–Crippen MR) is 132 cm³/mol. The fraction of sp³-hybridized carbons (Fsp3) is 0.516. The van der Waals surface area contributed by atoms with Crippen molar-refractivity contribution in [1.82, 2.24) is 0 Å². The van der Waals surface area contributed by atoms with Crippen molar-refractivity contribution in [1.29, 1.82) is 5.26 Å². The van der Waals surface area contributed by atoms with Gasteiger partial charge in [-0.3, -0.25) is 0 Å². The van der Waals surface area contributed by atoms with Crippen LogP contribution in [0.15, 0.2) is 82.4 Å². The minimum atomic E-state index is 0.152. The van der Waals surface area contributed by atoms with E-state index in [0.717, 1.165) is 43.6 Å². The maximum Gasteiger partial charge on any atom is 0.162 e. The molecule has 2 heterocycles. The highest BCUT2D eigenvalue weighted by atomic mass is 16.5. The van der Waals surface area contributed by atoms with Crippen LogP contribution in [-0.2, 0) is 9.47 Å². The first-order chi connectivity index (χ1) is 16.8. The lowest BCUT2D eigenvalue weighted by atomic mass is 9.70. The molecule has 2 aliphatic heterocycles. The summed E-state index contributed by atoms with van der Waals surface area (Å²) in [7, 11) is 0. The first-order valence-corrected chi connectivity index (χ1v) is 13.4. The van der Waals surface area contributed by atoms with Crippen molar-refractivity contribution in [2.24, 2.45) is 29.6 Å². The molecule has 174 valence electrons. The van der Waals surface area contributed by atoms with Gasteiger partial charge in [0.15, 0.2) is 11.5 Å². The molecule has 0 radical (unpaired) electrons. The fourth-order valence-corrected chi connectivity index (χ4v) is 7.48. The van der Waals surface area contributed by atoms with Crippen LogP contribution in [0.25, 0.3) is 0 Å². The lowest BCUT2D eigenvalue weighted by Crippen LogP contribution is -2.28. The molecular weight excluding hydrogens is 418 g/mol. The van der Waals surface area contributed by atoms with Crippen LogP contribution >= 0.6 is 0 Å². The summed E-state index contributed by atoms with van der Waals surface area (Å²) in [6.45, 7) is 0. The van der Waals surface area contributed by atoms with Crippen LogP contribution in [0.5, 0.6) is 0 Å². The Morgan fingerprint density at radius 2 is 1.65 bits per heavy atom. The van der Waals surface area contributed by atoms with E-state index < -0.39 is 0 Å². The highest BCUT2D eigenvalue weighted by molar-refractivity contribution is 5.47. The van der Waals surface area contributed by atoms with Gasteiger partial charge in [0.05, 0.1) is 12.0 Å². The van der Waals surface area contributed by atoms with E-state index in [-0.39, 0.29) is 18.1 Å². The number of fused-ring (bicyclic) bond motifs is 5. The summed E-state index contributed by atoms with van der Waals surface area (Å²) in [5.74, 6) is 4.48. The molecule has 0 saturated heterocycles. The Morgan fingerprint density at radius 1 is 0.794 bits per heavy atom. The quantitative estimate of drug-likeness (QED) is 0.425. The Balaban J connectivity index is 1.11. The van der Waals surface area contributed by atoms with E-state index in [1.165, 1.54) is 42.4 Å². The van der Waals surface area contributed by atoms with Gasteiger partial charge in [-0.15, -0.1) is 0 Å². The molecule has 7 unspecified atom stereocenters. The van der Waals surface area contributed by atoms with Crippen molar-refractivity contribution in [2.75, 3.05) is 0 Å². The van der Waals surface area contributed by atoms with Crippen molar-refractivity contribution >= 4 is 0 Å². The summed E-state index contributed by atoms with van der Waals surface area (Å²) in [6, 6.07) is 2.45. The maximum absolute atomic E-state index is 9.23. The van der Waals surface area contributed by atoms with Gasteiger partial charge in [-0.05, 0) is 104 Å². The molecule has 7 atom stereocenters. The number of rotatable bonds is 2. The van der Waals surface area contributed by atoms with Gasteiger partial charge < -0.3 is 9.47 Å². The van der Waals surface area contributed by atoms with Gasteiger partial charge in [0, 0.05) is 11.8 Å².